The zero-order valence-corrected chi connectivity index (χ0v) is 14.7. The fourth-order valence-corrected chi connectivity index (χ4v) is 4.11. The van der Waals surface area contributed by atoms with Gasteiger partial charge in [-0.05, 0) is 48.4 Å². The largest absolute Gasteiger partial charge is 0.371 e. The number of ether oxygens (including phenoxy) is 1. The lowest BCUT2D eigenvalue weighted by atomic mass is 9.91. The van der Waals surface area contributed by atoms with Crippen molar-refractivity contribution in [2.75, 3.05) is 37.7 Å². The molecular weight excluding hydrogens is 315 g/mol. The Balaban J connectivity index is 1.69. The van der Waals surface area contributed by atoms with Crippen LogP contribution >= 0.6 is 0 Å². The van der Waals surface area contributed by atoms with Crippen LogP contribution in [0.1, 0.15) is 24.2 Å². The number of benzene rings is 2. The summed E-state index contributed by atoms with van der Waals surface area (Å²) in [6.45, 7) is 6.95. The number of likely N-dealkylation sites (N-methyl/N-ethyl adjacent to an activating group) is 1. The Morgan fingerprint density at radius 1 is 1.08 bits per heavy atom. The minimum absolute atomic E-state index is 0.0596. The number of anilines is 1. The Morgan fingerprint density at radius 3 is 2.68 bits per heavy atom. The SMILES string of the molecule is CCN1CCN(c2ccc(F)cc2)C(C2OCCc3ccccc32)C1. The number of piperazine rings is 1. The molecule has 1 saturated heterocycles. The van der Waals surface area contributed by atoms with Gasteiger partial charge in [0.1, 0.15) is 11.9 Å². The molecule has 0 aromatic heterocycles. The van der Waals surface area contributed by atoms with Gasteiger partial charge < -0.3 is 9.64 Å². The van der Waals surface area contributed by atoms with Gasteiger partial charge >= 0.3 is 0 Å². The van der Waals surface area contributed by atoms with Crippen LogP contribution in [-0.4, -0.2) is 43.7 Å². The molecule has 0 aliphatic carbocycles. The van der Waals surface area contributed by atoms with Gasteiger partial charge in [0, 0.05) is 25.3 Å². The molecule has 2 heterocycles. The smallest absolute Gasteiger partial charge is 0.123 e. The molecule has 0 amide bonds. The van der Waals surface area contributed by atoms with E-state index in [1.54, 1.807) is 12.1 Å². The lowest BCUT2D eigenvalue weighted by molar-refractivity contribution is 0.00760. The van der Waals surface area contributed by atoms with E-state index in [4.69, 9.17) is 4.74 Å². The normalized spacial score (nSPS) is 24.2. The van der Waals surface area contributed by atoms with Crippen molar-refractivity contribution in [3.63, 3.8) is 0 Å². The van der Waals surface area contributed by atoms with Crippen molar-refractivity contribution in [2.24, 2.45) is 0 Å². The molecule has 0 saturated carbocycles. The molecule has 0 bridgehead atoms. The molecule has 25 heavy (non-hydrogen) atoms. The maximum Gasteiger partial charge on any atom is 0.123 e. The van der Waals surface area contributed by atoms with Gasteiger partial charge in [0.05, 0.1) is 12.6 Å². The second kappa shape index (κ2) is 7.14. The van der Waals surface area contributed by atoms with Gasteiger partial charge in [-0.15, -0.1) is 0 Å². The number of fused-ring (bicyclic) bond motifs is 1. The van der Waals surface area contributed by atoms with Crippen molar-refractivity contribution in [1.82, 2.24) is 4.90 Å². The van der Waals surface area contributed by atoms with Crippen molar-refractivity contribution < 1.29 is 9.13 Å². The minimum Gasteiger partial charge on any atom is -0.371 e. The summed E-state index contributed by atoms with van der Waals surface area (Å²) in [6.07, 6.45) is 1.04. The number of halogens is 1. The van der Waals surface area contributed by atoms with E-state index in [9.17, 15) is 4.39 Å². The van der Waals surface area contributed by atoms with E-state index in [0.717, 1.165) is 44.9 Å². The third-order valence-corrected chi connectivity index (χ3v) is 5.49. The first kappa shape index (κ1) is 16.6. The lowest BCUT2D eigenvalue weighted by Crippen LogP contribution is -2.56. The molecule has 2 unspecified atom stereocenters. The first-order valence-electron chi connectivity index (χ1n) is 9.20. The minimum atomic E-state index is -0.188. The number of rotatable bonds is 3. The van der Waals surface area contributed by atoms with Crippen LogP contribution in [0, 0.1) is 5.82 Å². The van der Waals surface area contributed by atoms with Crippen LogP contribution < -0.4 is 4.90 Å². The van der Waals surface area contributed by atoms with E-state index in [0.29, 0.717) is 0 Å². The van der Waals surface area contributed by atoms with Crippen LogP contribution in [-0.2, 0) is 11.2 Å². The molecule has 132 valence electrons. The second-order valence-corrected chi connectivity index (χ2v) is 6.87. The third-order valence-electron chi connectivity index (χ3n) is 5.49. The molecule has 2 aliphatic heterocycles. The molecule has 1 fully saturated rings. The highest BCUT2D eigenvalue weighted by atomic mass is 19.1. The Bertz CT molecular complexity index is 718. The summed E-state index contributed by atoms with van der Waals surface area (Å²) in [6, 6.07) is 15.7. The summed E-state index contributed by atoms with van der Waals surface area (Å²) in [7, 11) is 0. The van der Waals surface area contributed by atoms with Gasteiger partial charge in [-0.25, -0.2) is 4.39 Å². The number of hydrogen-bond donors (Lipinski definition) is 0. The zero-order valence-electron chi connectivity index (χ0n) is 14.7. The van der Waals surface area contributed by atoms with E-state index in [1.807, 2.05) is 12.1 Å². The van der Waals surface area contributed by atoms with Crippen LogP contribution in [0.25, 0.3) is 0 Å². The van der Waals surface area contributed by atoms with Gasteiger partial charge in [0.15, 0.2) is 0 Å². The first-order valence-corrected chi connectivity index (χ1v) is 9.20. The summed E-state index contributed by atoms with van der Waals surface area (Å²) in [5.41, 5.74) is 3.78. The molecule has 2 aliphatic rings. The van der Waals surface area contributed by atoms with Crippen LogP contribution in [0.2, 0.25) is 0 Å². The Hall–Kier alpha value is -1.91. The molecule has 0 N–H and O–H groups in total. The van der Waals surface area contributed by atoms with Crippen molar-refractivity contribution in [3.05, 3.63) is 65.5 Å². The van der Waals surface area contributed by atoms with Crippen molar-refractivity contribution in [2.45, 2.75) is 25.5 Å². The molecule has 0 radical (unpaired) electrons. The zero-order chi connectivity index (χ0) is 17.2. The molecule has 2 atom stereocenters. The van der Waals surface area contributed by atoms with Crippen LogP contribution in [0.3, 0.4) is 0 Å². The quantitative estimate of drug-likeness (QED) is 0.848. The van der Waals surface area contributed by atoms with Crippen molar-refractivity contribution in [3.8, 4) is 0 Å². The fourth-order valence-electron chi connectivity index (χ4n) is 4.11. The van der Waals surface area contributed by atoms with Gasteiger partial charge in [-0.3, -0.25) is 4.90 Å². The molecule has 2 aromatic carbocycles. The third kappa shape index (κ3) is 3.29. The standard InChI is InChI=1S/C21H25FN2O/c1-2-23-12-13-24(18-9-7-17(22)8-10-18)20(15-23)21-19-6-4-3-5-16(19)11-14-25-21/h3-10,20-21H,2,11-15H2,1H3. The van der Waals surface area contributed by atoms with Crippen LogP contribution in [0.5, 0.6) is 0 Å². The second-order valence-electron chi connectivity index (χ2n) is 6.87. The number of nitrogens with zero attached hydrogens (tertiary/aromatic N) is 2. The van der Waals surface area contributed by atoms with Crippen LogP contribution in [0.4, 0.5) is 10.1 Å². The Morgan fingerprint density at radius 2 is 1.88 bits per heavy atom. The summed E-state index contributed by atoms with van der Waals surface area (Å²) >= 11 is 0. The topological polar surface area (TPSA) is 15.7 Å². The van der Waals surface area contributed by atoms with E-state index in [2.05, 4.69) is 41.0 Å². The summed E-state index contributed by atoms with van der Waals surface area (Å²) < 4.78 is 19.6. The predicted molar refractivity (Wildman–Crippen MR) is 98.5 cm³/mol. The monoisotopic (exact) mass is 340 g/mol. The number of hydrogen-bond acceptors (Lipinski definition) is 3. The van der Waals surface area contributed by atoms with Crippen molar-refractivity contribution >= 4 is 5.69 Å². The van der Waals surface area contributed by atoms with Crippen LogP contribution in [0.15, 0.2) is 48.5 Å². The van der Waals surface area contributed by atoms with E-state index >= 15 is 0 Å². The van der Waals surface area contributed by atoms with Crippen molar-refractivity contribution in [1.29, 1.82) is 0 Å². The van der Waals surface area contributed by atoms with E-state index in [-0.39, 0.29) is 18.0 Å². The van der Waals surface area contributed by atoms with E-state index < -0.39 is 0 Å². The van der Waals surface area contributed by atoms with Gasteiger partial charge in [-0.2, -0.15) is 0 Å². The van der Waals surface area contributed by atoms with Gasteiger partial charge in [0.25, 0.3) is 0 Å². The highest BCUT2D eigenvalue weighted by Gasteiger charge is 2.36. The Labute approximate surface area is 149 Å². The highest BCUT2D eigenvalue weighted by Crippen LogP contribution is 2.35. The summed E-state index contributed by atoms with van der Waals surface area (Å²) in [5, 5.41) is 0. The molecule has 4 heteroatoms. The molecule has 3 nitrogen and oxygen atoms in total. The average Bonchev–Trinajstić information content (AvgIpc) is 2.68. The van der Waals surface area contributed by atoms with E-state index in [1.165, 1.54) is 11.1 Å². The average molecular weight is 340 g/mol. The molecule has 4 rings (SSSR count). The fraction of sp³-hybridized carbons (Fsp3) is 0.429. The molecular formula is C21H25FN2O. The maximum atomic E-state index is 13.4. The van der Waals surface area contributed by atoms with Gasteiger partial charge in [0.2, 0.25) is 0 Å². The summed E-state index contributed by atoms with van der Waals surface area (Å²) in [5.74, 6) is -0.188. The lowest BCUT2D eigenvalue weighted by Gasteiger charge is -2.47. The molecule has 2 aromatic rings. The Kier molecular flexibility index (Phi) is 4.73. The van der Waals surface area contributed by atoms with Gasteiger partial charge in [-0.1, -0.05) is 31.2 Å². The first-order chi connectivity index (χ1) is 12.3. The predicted octanol–water partition coefficient (Wildman–Crippen LogP) is 3.65. The molecule has 0 spiro atoms. The summed E-state index contributed by atoms with van der Waals surface area (Å²) in [4.78, 5) is 4.88. The highest BCUT2D eigenvalue weighted by molar-refractivity contribution is 5.49. The maximum absolute atomic E-state index is 13.4.